The number of carbonyl (C=O) groups is 4. The molecule has 0 aromatic carbocycles. The Hall–Kier alpha value is -3.43. The number of oxime groups is 1. The van der Waals surface area contributed by atoms with Crippen LogP contribution in [0.2, 0.25) is 0 Å². The number of allylic oxidation sites excluding steroid dienone is 1. The van der Waals surface area contributed by atoms with Gasteiger partial charge in [0.2, 0.25) is 6.79 Å². The van der Waals surface area contributed by atoms with E-state index in [1.165, 1.54) is 30.9 Å². The van der Waals surface area contributed by atoms with E-state index in [-0.39, 0.29) is 22.2 Å². The fourth-order valence-electron chi connectivity index (χ4n) is 3.37. The third-order valence-electron chi connectivity index (χ3n) is 5.21. The van der Waals surface area contributed by atoms with E-state index in [0.29, 0.717) is 17.9 Å². The number of esters is 2. The van der Waals surface area contributed by atoms with Crippen molar-refractivity contribution < 1.29 is 38.2 Å². The van der Waals surface area contributed by atoms with Crippen LogP contribution in [0.5, 0.6) is 0 Å². The summed E-state index contributed by atoms with van der Waals surface area (Å²) in [6, 6.07) is -0.948. The molecule has 3 rings (SSSR count). The molecule has 1 aromatic rings. The fraction of sp³-hybridized carbons (Fsp3) is 0.478. The van der Waals surface area contributed by atoms with Gasteiger partial charge in [-0.15, -0.1) is 23.1 Å². The molecule has 1 saturated heterocycles. The molecule has 206 valence electrons. The van der Waals surface area contributed by atoms with Gasteiger partial charge in [0, 0.05) is 18.2 Å². The van der Waals surface area contributed by atoms with Gasteiger partial charge in [-0.2, -0.15) is 0 Å². The van der Waals surface area contributed by atoms with Crippen molar-refractivity contribution in [3.8, 4) is 0 Å². The third kappa shape index (κ3) is 6.52. The highest BCUT2D eigenvalue weighted by Gasteiger charge is 2.54. The number of carbonyl (C=O) groups excluding carboxylic acids is 4. The largest absolute Gasteiger partial charge is 0.427 e. The van der Waals surface area contributed by atoms with Crippen LogP contribution in [0.3, 0.4) is 0 Å². The van der Waals surface area contributed by atoms with E-state index < -0.39 is 47.4 Å². The minimum Gasteiger partial charge on any atom is -0.427 e. The number of nitrogens with one attached hydrogen (secondary N) is 1. The lowest BCUT2D eigenvalue weighted by Gasteiger charge is -2.49. The van der Waals surface area contributed by atoms with Gasteiger partial charge in [0.05, 0.1) is 12.0 Å². The molecule has 3 heterocycles. The zero-order valence-corrected chi connectivity index (χ0v) is 23.1. The lowest BCUT2D eigenvalue weighted by molar-refractivity contribution is -0.173. The average Bonchev–Trinajstić information content (AvgIpc) is 3.30. The Bertz CT molecular complexity index is 1190. The summed E-state index contributed by atoms with van der Waals surface area (Å²) in [6.45, 7) is 4.68. The quantitative estimate of drug-likeness (QED) is 0.136. The number of thioether (sulfide) groups is 1. The Labute approximate surface area is 227 Å². The van der Waals surface area contributed by atoms with Gasteiger partial charge in [0.1, 0.15) is 29.9 Å². The zero-order chi connectivity index (χ0) is 28.0. The van der Waals surface area contributed by atoms with Crippen LogP contribution in [-0.4, -0.2) is 84.1 Å². The monoisotopic (exact) mass is 567 g/mol. The molecule has 1 unspecified atom stereocenters. The van der Waals surface area contributed by atoms with Gasteiger partial charge in [-0.25, -0.2) is 9.78 Å². The number of anilines is 1. The molecule has 1 aromatic heterocycles. The van der Waals surface area contributed by atoms with Crippen LogP contribution in [0.1, 0.15) is 26.5 Å². The first kappa shape index (κ1) is 29.1. The van der Waals surface area contributed by atoms with Crippen molar-refractivity contribution in [1.29, 1.82) is 0 Å². The van der Waals surface area contributed by atoms with Crippen LogP contribution in [0, 0.1) is 5.41 Å². The molecular formula is C23H29N5O8S2. The highest BCUT2D eigenvalue weighted by molar-refractivity contribution is 8.00. The minimum atomic E-state index is -0.948. The van der Waals surface area contributed by atoms with Gasteiger partial charge in [-0.05, 0) is 26.3 Å². The zero-order valence-electron chi connectivity index (χ0n) is 21.5. The van der Waals surface area contributed by atoms with E-state index in [9.17, 15) is 19.2 Å². The van der Waals surface area contributed by atoms with Crippen molar-refractivity contribution in [3.05, 3.63) is 34.5 Å². The highest BCUT2D eigenvalue weighted by atomic mass is 32.2. The summed E-state index contributed by atoms with van der Waals surface area (Å²) in [5, 5.41) is 7.55. The van der Waals surface area contributed by atoms with Gasteiger partial charge in [0.25, 0.3) is 11.8 Å². The first-order valence-corrected chi connectivity index (χ1v) is 13.2. The summed E-state index contributed by atoms with van der Waals surface area (Å²) >= 11 is 2.48. The maximum Gasteiger partial charge on any atom is 0.358 e. The van der Waals surface area contributed by atoms with Crippen molar-refractivity contribution >= 4 is 57.7 Å². The normalized spacial score (nSPS) is 19.7. The van der Waals surface area contributed by atoms with Crippen molar-refractivity contribution in [1.82, 2.24) is 15.2 Å². The number of rotatable bonds is 10. The number of fused-ring (bicyclic) bond motifs is 1. The summed E-state index contributed by atoms with van der Waals surface area (Å²) in [5.74, 6) is -2.26. The van der Waals surface area contributed by atoms with E-state index >= 15 is 0 Å². The summed E-state index contributed by atoms with van der Waals surface area (Å²) in [6.07, 6.45) is 3.36. The summed E-state index contributed by atoms with van der Waals surface area (Å²) < 4.78 is 15.2. The van der Waals surface area contributed by atoms with E-state index in [0.717, 1.165) is 11.3 Å². The number of aromatic nitrogens is 1. The van der Waals surface area contributed by atoms with Crippen LogP contribution in [0.4, 0.5) is 5.13 Å². The van der Waals surface area contributed by atoms with Crippen molar-refractivity contribution in [3.63, 3.8) is 0 Å². The Kier molecular flexibility index (Phi) is 9.51. The Morgan fingerprint density at radius 2 is 2.03 bits per heavy atom. The number of β-lactam (4-membered cyclic amide) rings is 1. The molecule has 0 aliphatic carbocycles. The maximum atomic E-state index is 13.2. The van der Waals surface area contributed by atoms with E-state index in [4.69, 9.17) is 24.8 Å². The van der Waals surface area contributed by atoms with Gasteiger partial charge in [0.15, 0.2) is 10.8 Å². The molecule has 15 heteroatoms. The summed E-state index contributed by atoms with van der Waals surface area (Å²) in [4.78, 5) is 61.2. The van der Waals surface area contributed by atoms with Crippen LogP contribution in [0.25, 0.3) is 0 Å². The molecule has 0 saturated carbocycles. The number of methoxy groups -OCH3 is 1. The number of thiazole rings is 1. The van der Waals surface area contributed by atoms with Gasteiger partial charge in [-0.1, -0.05) is 17.3 Å². The predicted molar refractivity (Wildman–Crippen MR) is 140 cm³/mol. The first-order valence-electron chi connectivity index (χ1n) is 11.3. The van der Waals surface area contributed by atoms with Crippen molar-refractivity contribution in [2.75, 3.05) is 39.1 Å². The van der Waals surface area contributed by atoms with Crippen molar-refractivity contribution in [2.24, 2.45) is 10.6 Å². The Morgan fingerprint density at radius 1 is 1.29 bits per heavy atom. The molecule has 2 aliphatic heterocycles. The third-order valence-corrected chi connectivity index (χ3v) is 7.19. The summed E-state index contributed by atoms with van der Waals surface area (Å²) in [5.41, 5.74) is 5.46. The number of nitrogens with zero attached hydrogens (tertiary/aromatic N) is 3. The molecule has 3 N–H and O–H groups in total. The van der Waals surface area contributed by atoms with Crippen LogP contribution < -0.4 is 11.1 Å². The second-order valence-corrected chi connectivity index (χ2v) is 11.0. The molecule has 0 bridgehead atoms. The molecule has 13 nitrogen and oxygen atoms in total. The van der Waals surface area contributed by atoms with E-state index in [2.05, 4.69) is 15.5 Å². The van der Waals surface area contributed by atoms with Gasteiger partial charge < -0.3 is 30.1 Å². The van der Waals surface area contributed by atoms with Crippen LogP contribution in [-0.2, 0) is 38.2 Å². The highest BCUT2D eigenvalue weighted by Crippen LogP contribution is 2.41. The molecule has 2 amide bonds. The number of nitrogen functional groups attached to an aromatic ring is 1. The summed E-state index contributed by atoms with van der Waals surface area (Å²) in [7, 11) is 2.80. The number of hydrogen-bond acceptors (Lipinski definition) is 13. The molecule has 0 spiro atoms. The number of hydrogen-bond donors (Lipinski definition) is 2. The molecular weight excluding hydrogens is 538 g/mol. The van der Waals surface area contributed by atoms with Gasteiger partial charge in [-0.3, -0.25) is 19.3 Å². The van der Waals surface area contributed by atoms with E-state index in [1.807, 2.05) is 0 Å². The second kappa shape index (κ2) is 12.4. The maximum absolute atomic E-state index is 13.2. The fourth-order valence-corrected chi connectivity index (χ4v) is 5.24. The Balaban J connectivity index is 1.77. The van der Waals surface area contributed by atoms with Crippen LogP contribution in [0.15, 0.2) is 34.0 Å². The number of amides is 2. The SMILES string of the molecule is COC/C=C\C1=C(C(=O)OCOC(=O)C(C)(C)C)N2C(=O)C(NC(=O)/C(=N\OC)c3csc(N)n3)[C@H]2SC1. The van der Waals surface area contributed by atoms with Crippen LogP contribution >= 0.6 is 23.1 Å². The number of ether oxygens (including phenoxy) is 3. The van der Waals surface area contributed by atoms with E-state index in [1.54, 1.807) is 38.3 Å². The average molecular weight is 568 g/mol. The molecule has 0 radical (unpaired) electrons. The topological polar surface area (TPSA) is 172 Å². The first-order chi connectivity index (χ1) is 18.0. The molecule has 2 atom stereocenters. The lowest BCUT2D eigenvalue weighted by Crippen LogP contribution is -2.71. The predicted octanol–water partition coefficient (Wildman–Crippen LogP) is 1.02. The van der Waals surface area contributed by atoms with Gasteiger partial charge >= 0.3 is 11.9 Å². The van der Waals surface area contributed by atoms with Crippen molar-refractivity contribution in [2.45, 2.75) is 32.2 Å². The lowest BCUT2D eigenvalue weighted by atomic mass is 9.98. The Morgan fingerprint density at radius 3 is 2.63 bits per heavy atom. The minimum absolute atomic E-state index is 0.00136. The smallest absolute Gasteiger partial charge is 0.358 e. The molecule has 38 heavy (non-hydrogen) atoms. The molecule has 1 fully saturated rings. The molecule has 2 aliphatic rings. The second-order valence-electron chi connectivity index (χ2n) is 9.02. The standard InChI is InChI=1S/C23H29N5O8S2/c1-23(2,3)21(32)36-11-35-20(31)16-12(7-6-8-33-4)9-37-19-15(18(30)28(16)19)26-17(29)14(27-34-5)13-10-38-22(24)25-13/h6-7,10,15,19H,8-9,11H2,1-5H3,(H2,24,25)(H,26,29)/b7-6-,27-14-/t15?,19-/m1/s1. The number of nitrogens with two attached hydrogens (primary N) is 1.